The Bertz CT molecular complexity index is 867. The maximum absolute atomic E-state index is 13.3. The van der Waals surface area contributed by atoms with Crippen LogP contribution in [0.15, 0.2) is 53.4 Å². The zero-order valence-electron chi connectivity index (χ0n) is 11.5. The summed E-state index contributed by atoms with van der Waals surface area (Å²) in [6.07, 6.45) is 2.83. The van der Waals surface area contributed by atoms with E-state index in [-0.39, 0.29) is 10.6 Å². The number of anilines is 1. The number of halogens is 3. The van der Waals surface area contributed by atoms with Crippen molar-refractivity contribution in [2.75, 3.05) is 5.32 Å². The third-order valence-electron chi connectivity index (χ3n) is 3.09. The molecule has 1 amide bonds. The molecule has 0 saturated carbocycles. The van der Waals surface area contributed by atoms with Gasteiger partial charge in [-0.1, -0.05) is 23.7 Å². The van der Waals surface area contributed by atoms with Crippen molar-refractivity contribution < 1.29 is 18.0 Å². The van der Waals surface area contributed by atoms with Crippen molar-refractivity contribution >= 4 is 23.2 Å². The molecule has 1 N–H and O–H groups in total. The second-order valence-electron chi connectivity index (χ2n) is 4.65. The van der Waals surface area contributed by atoms with Crippen molar-refractivity contribution in [2.24, 2.45) is 0 Å². The van der Waals surface area contributed by atoms with E-state index in [1.54, 1.807) is 24.3 Å². The average molecular weight is 335 g/mol. The Labute approximate surface area is 134 Å². The van der Waals surface area contributed by atoms with Gasteiger partial charge in [0.05, 0.1) is 16.8 Å². The summed E-state index contributed by atoms with van der Waals surface area (Å²) >= 11 is 5.78. The summed E-state index contributed by atoms with van der Waals surface area (Å²) in [6, 6.07) is 8.31. The first kappa shape index (κ1) is 15.2. The molecule has 1 heterocycles. The van der Waals surface area contributed by atoms with E-state index in [4.69, 9.17) is 16.0 Å². The van der Waals surface area contributed by atoms with Crippen LogP contribution in [0.2, 0.25) is 5.02 Å². The number of benzene rings is 2. The third kappa shape index (κ3) is 3.22. The molecule has 0 aliphatic rings. The monoisotopic (exact) mass is 334 g/mol. The highest BCUT2D eigenvalue weighted by molar-refractivity contribution is 6.34. The maximum atomic E-state index is 13.3. The van der Waals surface area contributed by atoms with Gasteiger partial charge in [0.1, 0.15) is 0 Å². The molecule has 0 fully saturated rings. The number of aromatic nitrogens is 1. The van der Waals surface area contributed by atoms with Crippen LogP contribution in [0.5, 0.6) is 0 Å². The minimum Gasteiger partial charge on any atom is -0.444 e. The largest absolute Gasteiger partial charge is 0.444 e. The molecule has 0 atom stereocenters. The lowest BCUT2D eigenvalue weighted by atomic mass is 10.1. The van der Waals surface area contributed by atoms with Crippen molar-refractivity contribution in [3.63, 3.8) is 0 Å². The van der Waals surface area contributed by atoms with Crippen LogP contribution in [-0.2, 0) is 0 Å². The highest BCUT2D eigenvalue weighted by Gasteiger charge is 2.15. The van der Waals surface area contributed by atoms with Gasteiger partial charge in [-0.25, -0.2) is 13.8 Å². The predicted octanol–water partition coefficient (Wildman–Crippen LogP) is 4.53. The zero-order valence-corrected chi connectivity index (χ0v) is 12.3. The van der Waals surface area contributed by atoms with Crippen LogP contribution in [0.4, 0.5) is 14.5 Å². The van der Waals surface area contributed by atoms with E-state index >= 15 is 0 Å². The molecule has 0 aliphatic heterocycles. The Hall–Kier alpha value is -2.73. The number of carbonyl (C=O) groups excluding carboxylic acids is 1. The highest BCUT2D eigenvalue weighted by Crippen LogP contribution is 2.24. The van der Waals surface area contributed by atoms with Gasteiger partial charge < -0.3 is 9.73 Å². The van der Waals surface area contributed by atoms with Gasteiger partial charge in [0.25, 0.3) is 5.91 Å². The van der Waals surface area contributed by atoms with Gasteiger partial charge in [0.2, 0.25) is 0 Å². The standard InChI is InChI=1S/C16H9ClF2N2O2/c17-12-6-14(19)13(18)5-11(12)16(22)21-10-3-1-2-9(4-10)15-7-20-8-23-15/h1-8H,(H,21,22). The molecule has 23 heavy (non-hydrogen) atoms. The van der Waals surface area contributed by atoms with Gasteiger partial charge in [-0.3, -0.25) is 4.79 Å². The smallest absolute Gasteiger partial charge is 0.257 e. The Morgan fingerprint density at radius 2 is 1.96 bits per heavy atom. The van der Waals surface area contributed by atoms with Crippen molar-refractivity contribution in [2.45, 2.75) is 0 Å². The molecule has 0 spiro atoms. The van der Waals surface area contributed by atoms with Crippen LogP contribution in [0.1, 0.15) is 10.4 Å². The van der Waals surface area contributed by atoms with E-state index in [0.717, 1.165) is 12.1 Å². The summed E-state index contributed by atoms with van der Waals surface area (Å²) in [5.41, 5.74) is 0.997. The lowest BCUT2D eigenvalue weighted by Crippen LogP contribution is -2.13. The van der Waals surface area contributed by atoms with Crippen molar-refractivity contribution in [1.82, 2.24) is 4.98 Å². The second-order valence-corrected chi connectivity index (χ2v) is 5.05. The van der Waals surface area contributed by atoms with E-state index < -0.39 is 17.5 Å². The number of carbonyl (C=O) groups is 1. The number of hydrogen-bond acceptors (Lipinski definition) is 3. The molecule has 1 aromatic heterocycles. The third-order valence-corrected chi connectivity index (χ3v) is 3.40. The summed E-state index contributed by atoms with van der Waals surface area (Å²) < 4.78 is 31.5. The number of oxazole rings is 1. The Morgan fingerprint density at radius 3 is 2.70 bits per heavy atom. The summed E-state index contributed by atoms with van der Waals surface area (Å²) in [6.45, 7) is 0. The van der Waals surface area contributed by atoms with Crippen LogP contribution >= 0.6 is 11.6 Å². The number of amides is 1. The Kier molecular flexibility index (Phi) is 4.08. The molecule has 0 radical (unpaired) electrons. The molecule has 0 bridgehead atoms. The SMILES string of the molecule is O=C(Nc1cccc(-c2cnco2)c1)c1cc(F)c(F)cc1Cl. The van der Waals surface area contributed by atoms with E-state index in [1.807, 2.05) is 0 Å². The topological polar surface area (TPSA) is 55.1 Å². The molecule has 3 aromatic rings. The summed E-state index contributed by atoms with van der Waals surface area (Å²) in [5.74, 6) is -2.37. The maximum Gasteiger partial charge on any atom is 0.257 e. The first-order valence-electron chi connectivity index (χ1n) is 6.49. The van der Waals surface area contributed by atoms with Crippen molar-refractivity contribution in [3.05, 3.63) is 71.2 Å². The predicted molar refractivity (Wildman–Crippen MR) is 81.3 cm³/mol. The minimum absolute atomic E-state index is 0.157. The van der Waals surface area contributed by atoms with Gasteiger partial charge in [-0.2, -0.15) is 0 Å². The van der Waals surface area contributed by atoms with Crippen LogP contribution in [0, 0.1) is 11.6 Å². The molecule has 7 heteroatoms. The Morgan fingerprint density at radius 1 is 1.17 bits per heavy atom. The lowest BCUT2D eigenvalue weighted by molar-refractivity contribution is 0.102. The zero-order chi connectivity index (χ0) is 16.4. The number of nitrogens with zero attached hydrogens (tertiary/aromatic N) is 1. The number of nitrogens with one attached hydrogen (secondary N) is 1. The fraction of sp³-hybridized carbons (Fsp3) is 0. The van der Waals surface area contributed by atoms with Crippen LogP contribution in [0.25, 0.3) is 11.3 Å². The quantitative estimate of drug-likeness (QED) is 0.716. The van der Waals surface area contributed by atoms with E-state index in [2.05, 4.69) is 10.3 Å². The summed E-state index contributed by atoms with van der Waals surface area (Å²) in [7, 11) is 0. The van der Waals surface area contributed by atoms with E-state index in [9.17, 15) is 13.6 Å². The molecular weight excluding hydrogens is 326 g/mol. The molecular formula is C16H9ClF2N2O2. The van der Waals surface area contributed by atoms with Gasteiger partial charge >= 0.3 is 0 Å². The number of hydrogen-bond donors (Lipinski definition) is 1. The minimum atomic E-state index is -1.14. The molecule has 0 saturated heterocycles. The molecule has 0 unspecified atom stereocenters. The molecule has 3 rings (SSSR count). The molecule has 116 valence electrons. The second kappa shape index (κ2) is 6.18. The Balaban J connectivity index is 1.86. The molecule has 2 aromatic carbocycles. The first-order valence-corrected chi connectivity index (χ1v) is 6.87. The van der Waals surface area contributed by atoms with Crippen LogP contribution < -0.4 is 5.32 Å². The highest BCUT2D eigenvalue weighted by atomic mass is 35.5. The molecule has 0 aliphatic carbocycles. The normalized spacial score (nSPS) is 10.6. The van der Waals surface area contributed by atoms with Crippen LogP contribution in [-0.4, -0.2) is 10.9 Å². The first-order chi connectivity index (χ1) is 11.0. The van der Waals surface area contributed by atoms with Gasteiger partial charge in [-0.05, 0) is 24.3 Å². The fourth-order valence-corrected chi connectivity index (χ4v) is 2.24. The number of rotatable bonds is 3. The average Bonchev–Trinajstić information content (AvgIpc) is 3.05. The summed E-state index contributed by atoms with van der Waals surface area (Å²) in [5, 5.41) is 2.40. The molecule has 4 nitrogen and oxygen atoms in total. The lowest BCUT2D eigenvalue weighted by Gasteiger charge is -2.08. The van der Waals surface area contributed by atoms with Crippen molar-refractivity contribution in [1.29, 1.82) is 0 Å². The van der Waals surface area contributed by atoms with Gasteiger partial charge in [0.15, 0.2) is 23.8 Å². The van der Waals surface area contributed by atoms with Gasteiger partial charge in [-0.15, -0.1) is 0 Å². The fourth-order valence-electron chi connectivity index (χ4n) is 2.00. The van der Waals surface area contributed by atoms with E-state index in [0.29, 0.717) is 17.0 Å². The summed E-state index contributed by atoms with van der Waals surface area (Å²) in [4.78, 5) is 16.0. The van der Waals surface area contributed by atoms with Crippen LogP contribution in [0.3, 0.4) is 0 Å². The van der Waals surface area contributed by atoms with Gasteiger partial charge in [0, 0.05) is 11.3 Å². The van der Waals surface area contributed by atoms with E-state index in [1.165, 1.54) is 12.6 Å². The van der Waals surface area contributed by atoms with Crippen molar-refractivity contribution in [3.8, 4) is 11.3 Å².